The summed E-state index contributed by atoms with van der Waals surface area (Å²) in [7, 11) is 0. The van der Waals surface area contributed by atoms with Crippen molar-refractivity contribution in [1.29, 1.82) is 0 Å². The van der Waals surface area contributed by atoms with Crippen molar-refractivity contribution in [3.8, 4) is 0 Å². The van der Waals surface area contributed by atoms with Crippen molar-refractivity contribution in [2.24, 2.45) is 0 Å². The fourth-order valence-electron chi connectivity index (χ4n) is 5.48. The molecular formula is C32H13BCl3F15N2O. The Balaban J connectivity index is 0.00000155. The van der Waals surface area contributed by atoms with Gasteiger partial charge in [-0.05, 0) is 6.07 Å². The number of benzene rings is 4. The van der Waals surface area contributed by atoms with E-state index in [9.17, 15) is 44.3 Å². The minimum absolute atomic E-state index is 0.0921. The molecule has 286 valence electrons. The maximum absolute atomic E-state index is 15.6. The Labute approximate surface area is 307 Å². The van der Waals surface area contributed by atoms with Crippen molar-refractivity contribution in [3.63, 3.8) is 0 Å². The Morgan fingerprint density at radius 1 is 0.519 bits per heavy atom. The zero-order chi connectivity index (χ0) is 40.6. The van der Waals surface area contributed by atoms with E-state index in [4.69, 9.17) is 34.8 Å². The van der Waals surface area contributed by atoms with Crippen molar-refractivity contribution in [1.82, 2.24) is 5.23 Å². The number of amides is 1. The van der Waals surface area contributed by atoms with Crippen molar-refractivity contribution >= 4 is 63.4 Å². The lowest BCUT2D eigenvalue weighted by Crippen LogP contribution is -2.82. The fraction of sp³-hybridized carbons (Fsp3) is 0.0625. The van der Waals surface area contributed by atoms with Crippen LogP contribution in [-0.2, 0) is 6.54 Å². The van der Waals surface area contributed by atoms with Gasteiger partial charge in [0.25, 0.3) is 0 Å². The van der Waals surface area contributed by atoms with Crippen LogP contribution in [0, 0.1) is 87.3 Å². The Hall–Kier alpha value is -4.62. The molecule has 54 heavy (non-hydrogen) atoms. The number of halogens is 18. The summed E-state index contributed by atoms with van der Waals surface area (Å²) in [6, 6.07) is 9.75. The van der Waals surface area contributed by atoms with Gasteiger partial charge in [-0.25, -0.2) is 65.9 Å². The lowest BCUT2D eigenvalue weighted by Gasteiger charge is -2.44. The molecule has 0 aliphatic carbocycles. The number of nitrogens with one attached hydrogen (secondary N) is 1. The summed E-state index contributed by atoms with van der Waals surface area (Å²) in [6.45, 7) is -0.0921. The average molecular weight is 844 g/mol. The van der Waals surface area contributed by atoms with E-state index in [0.29, 0.717) is 5.56 Å². The van der Waals surface area contributed by atoms with Crippen LogP contribution < -0.4 is 26.2 Å². The molecular weight excluding hydrogens is 831 g/mol. The number of rotatable bonds is 7. The Morgan fingerprint density at radius 2 is 0.833 bits per heavy atom. The quantitative estimate of drug-likeness (QED) is 0.0453. The molecule has 5 aromatic rings. The molecule has 0 saturated heterocycles. The number of hydrogen-bond donors (Lipinski definition) is 1. The maximum atomic E-state index is 15.6. The van der Waals surface area contributed by atoms with Gasteiger partial charge in [0, 0.05) is 11.6 Å². The Kier molecular flexibility index (Phi) is 12.8. The van der Waals surface area contributed by atoms with E-state index in [1.165, 1.54) is 6.20 Å². The SMILES string of the molecule is ClC(Cl)Cl.O=C(N[B-](c1c(F)c(F)c(F)c(F)c1F)(c1c(F)c(F)c(F)c(F)c1F)c1c(F)c(F)c(F)c(F)c1F)c1ccc[n+](Cc2ccccc2)c1. The monoisotopic (exact) mass is 842 g/mol. The number of aromatic nitrogens is 1. The lowest BCUT2D eigenvalue weighted by molar-refractivity contribution is -0.688. The van der Waals surface area contributed by atoms with E-state index < -0.39 is 126 Å². The zero-order valence-corrected chi connectivity index (χ0v) is 28.0. The minimum atomic E-state index is -6.26. The van der Waals surface area contributed by atoms with Crippen LogP contribution in [0.1, 0.15) is 15.9 Å². The van der Waals surface area contributed by atoms with Gasteiger partial charge >= 0.3 is 0 Å². The van der Waals surface area contributed by atoms with Gasteiger partial charge in [-0.3, -0.25) is 4.79 Å². The van der Waals surface area contributed by atoms with Crippen molar-refractivity contribution in [2.45, 2.75) is 10.8 Å². The number of alkyl halides is 3. The molecule has 3 nitrogen and oxygen atoms in total. The molecule has 0 bridgehead atoms. The van der Waals surface area contributed by atoms with Crippen molar-refractivity contribution in [3.05, 3.63) is 153 Å². The molecule has 0 unspecified atom stereocenters. The third kappa shape index (κ3) is 7.53. The zero-order valence-electron chi connectivity index (χ0n) is 25.7. The molecule has 1 aromatic heterocycles. The summed E-state index contributed by atoms with van der Waals surface area (Å²) < 4.78 is 225. The number of carbonyl (C=O) groups is 1. The highest BCUT2D eigenvalue weighted by Crippen LogP contribution is 2.27. The van der Waals surface area contributed by atoms with Gasteiger partial charge in [-0.2, -0.15) is 4.57 Å². The largest absolute Gasteiger partial charge is 0.512 e. The second-order valence-electron chi connectivity index (χ2n) is 10.8. The smallest absolute Gasteiger partial charge is 0.218 e. The third-order valence-corrected chi connectivity index (χ3v) is 7.71. The highest BCUT2D eigenvalue weighted by molar-refractivity contribution is 7.11. The Bertz CT molecular complexity index is 2030. The van der Waals surface area contributed by atoms with Crippen LogP contribution >= 0.6 is 34.8 Å². The summed E-state index contributed by atoms with van der Waals surface area (Å²) in [6.07, 6.45) is -4.18. The molecule has 4 aromatic carbocycles. The van der Waals surface area contributed by atoms with Gasteiger partial charge in [0.1, 0.15) is 34.9 Å². The van der Waals surface area contributed by atoms with Gasteiger partial charge in [-0.1, -0.05) is 65.1 Å². The summed E-state index contributed by atoms with van der Waals surface area (Å²) in [5.41, 5.74) is -9.18. The number of pyridine rings is 1. The molecule has 0 saturated carbocycles. The highest BCUT2D eigenvalue weighted by Gasteiger charge is 2.49. The first-order chi connectivity index (χ1) is 25.2. The molecule has 0 atom stereocenters. The topological polar surface area (TPSA) is 33.0 Å². The van der Waals surface area contributed by atoms with Gasteiger partial charge in [0.2, 0.25) is 5.91 Å². The van der Waals surface area contributed by atoms with Gasteiger partial charge in [0.05, 0.1) is 5.56 Å². The minimum Gasteiger partial charge on any atom is -0.512 e. The van der Waals surface area contributed by atoms with Crippen molar-refractivity contribution < 1.29 is 75.2 Å². The summed E-state index contributed by atoms with van der Waals surface area (Å²) in [4.78, 5) is 13.7. The van der Waals surface area contributed by atoms with Crippen LogP contribution in [0.4, 0.5) is 65.9 Å². The van der Waals surface area contributed by atoms with E-state index in [-0.39, 0.29) is 6.54 Å². The number of carbonyl (C=O) groups excluding carboxylic acids is 1. The molecule has 1 amide bonds. The predicted molar refractivity (Wildman–Crippen MR) is 164 cm³/mol. The number of nitrogens with zero attached hydrogens (tertiary/aromatic N) is 1. The molecule has 0 aliphatic rings. The van der Waals surface area contributed by atoms with Crippen LogP contribution in [0.15, 0.2) is 54.9 Å². The standard InChI is InChI=1S/C31H12BF15N2O.CHCl3/c33-16-13(17(34)23(40)28(45)22(16)39)32(14-18(35)24(41)29(46)25(42)19(14)36,15-20(37)26(43)30(47)27(44)21(15)38)48-31(50)12-7-4-8-49(10-12)9-11-5-2-1-3-6-11;2-1(3)4/h1-8,10H,9H2,(H,48,50);1H. The van der Waals surface area contributed by atoms with Crippen molar-refractivity contribution in [2.75, 3.05) is 0 Å². The fourth-order valence-corrected chi connectivity index (χ4v) is 5.48. The highest BCUT2D eigenvalue weighted by atomic mass is 35.6. The number of hydrogen-bond acceptors (Lipinski definition) is 1. The predicted octanol–water partition coefficient (Wildman–Crippen LogP) is 7.49. The summed E-state index contributed by atoms with van der Waals surface area (Å²) in [5.74, 6) is -49.8. The summed E-state index contributed by atoms with van der Waals surface area (Å²) in [5, 5.41) is 1.16. The molecule has 0 aliphatic heterocycles. The summed E-state index contributed by atoms with van der Waals surface area (Å²) >= 11 is 14.4. The normalized spacial score (nSPS) is 11.5. The molecule has 0 spiro atoms. The van der Waals surface area contributed by atoms with Crippen LogP contribution in [0.25, 0.3) is 0 Å². The van der Waals surface area contributed by atoms with Gasteiger partial charge in [0.15, 0.2) is 81.9 Å². The van der Waals surface area contributed by atoms with Crippen LogP contribution in [0.5, 0.6) is 0 Å². The van der Waals surface area contributed by atoms with E-state index >= 15 is 26.3 Å². The third-order valence-electron chi connectivity index (χ3n) is 7.71. The van der Waals surface area contributed by atoms with E-state index in [1.54, 1.807) is 30.3 Å². The van der Waals surface area contributed by atoms with Gasteiger partial charge in [-0.15, -0.1) is 16.4 Å². The molecule has 1 N–H and O–H groups in total. The van der Waals surface area contributed by atoms with E-state index in [2.05, 4.69) is 0 Å². The Morgan fingerprint density at radius 3 is 1.17 bits per heavy atom. The van der Waals surface area contributed by atoms with Gasteiger partial charge < -0.3 is 5.23 Å². The maximum Gasteiger partial charge on any atom is 0.218 e. The first-order valence-electron chi connectivity index (χ1n) is 14.2. The lowest BCUT2D eigenvalue weighted by atomic mass is 9.23. The van der Waals surface area contributed by atoms with Crippen LogP contribution in [-0.4, -0.2) is 16.5 Å². The first-order valence-corrected chi connectivity index (χ1v) is 15.5. The van der Waals surface area contributed by atoms with Crippen LogP contribution in [0.2, 0.25) is 0 Å². The molecule has 1 heterocycles. The molecule has 0 radical (unpaired) electrons. The molecule has 5 rings (SSSR count). The average Bonchev–Trinajstić information content (AvgIpc) is 3.13. The second kappa shape index (κ2) is 16.4. The first kappa shape index (κ1) is 42.1. The molecule has 0 fully saturated rings. The second-order valence-corrected chi connectivity index (χ2v) is 12.8. The molecule has 22 heteroatoms. The van der Waals surface area contributed by atoms with Crippen LogP contribution in [0.3, 0.4) is 0 Å². The van der Waals surface area contributed by atoms with E-state index in [1.807, 2.05) is 0 Å². The van der Waals surface area contributed by atoms with E-state index in [0.717, 1.165) is 28.1 Å².